The van der Waals surface area contributed by atoms with Gasteiger partial charge < -0.3 is 10.1 Å². The number of nitrogens with one attached hydrogen (secondary N) is 2. The summed E-state index contributed by atoms with van der Waals surface area (Å²) in [6, 6.07) is 13.1. The second-order valence-electron chi connectivity index (χ2n) is 8.47. The average molecular weight is 436 g/mol. The molecule has 0 saturated carbocycles. The molecule has 0 bridgehead atoms. The van der Waals surface area contributed by atoms with Gasteiger partial charge in [-0.25, -0.2) is 9.18 Å². The Morgan fingerprint density at radius 1 is 1.16 bits per heavy atom. The van der Waals surface area contributed by atoms with Crippen molar-refractivity contribution in [2.24, 2.45) is 0 Å². The highest BCUT2D eigenvalue weighted by Gasteiger charge is 2.26. The molecule has 0 radical (unpaired) electrons. The first kappa shape index (κ1) is 20.7. The number of amides is 1. The van der Waals surface area contributed by atoms with E-state index >= 15 is 0 Å². The standard InChI is InChI=1S/C24H26FN5O2/c1-16-13-29(8-9-30(16)15-18-4-2-3-5-21(18)25)14-20-12-27-28-23(20)17-6-7-22-19(10-17)11-26-24(31)32-22/h2-7,10,12,16H,8-9,11,13-15H2,1H3,(H,26,31)(H,27,28)/t16-/m1/s1. The summed E-state index contributed by atoms with van der Waals surface area (Å²) in [5.74, 6) is 0.453. The van der Waals surface area contributed by atoms with E-state index in [0.717, 1.165) is 54.1 Å². The number of ether oxygens (including phenoxy) is 1. The van der Waals surface area contributed by atoms with Crippen LogP contribution in [0.3, 0.4) is 0 Å². The fraction of sp³-hybridized carbons (Fsp3) is 0.333. The smallest absolute Gasteiger partial charge is 0.410 e. The SMILES string of the molecule is C[C@@H]1CN(Cc2c[nH]nc2-c2ccc3c(c2)CNC(=O)O3)CCN1Cc1ccccc1F. The second-order valence-corrected chi connectivity index (χ2v) is 8.47. The van der Waals surface area contributed by atoms with E-state index in [1.807, 2.05) is 36.5 Å². The van der Waals surface area contributed by atoms with E-state index in [-0.39, 0.29) is 5.82 Å². The minimum atomic E-state index is -0.422. The molecule has 8 heteroatoms. The highest BCUT2D eigenvalue weighted by molar-refractivity contribution is 5.74. The number of nitrogens with zero attached hydrogens (tertiary/aromatic N) is 3. The first-order valence-corrected chi connectivity index (χ1v) is 10.9. The van der Waals surface area contributed by atoms with Gasteiger partial charge in [0, 0.05) is 73.8 Å². The summed E-state index contributed by atoms with van der Waals surface area (Å²) in [5.41, 5.74) is 4.71. The third-order valence-electron chi connectivity index (χ3n) is 6.25. The second kappa shape index (κ2) is 8.72. The molecule has 2 aliphatic rings. The number of aromatic nitrogens is 2. The molecule has 7 nitrogen and oxygen atoms in total. The van der Waals surface area contributed by atoms with Crippen LogP contribution in [-0.4, -0.2) is 51.8 Å². The van der Waals surface area contributed by atoms with Crippen molar-refractivity contribution in [1.29, 1.82) is 0 Å². The average Bonchev–Trinajstić information content (AvgIpc) is 3.25. The number of aromatic amines is 1. The van der Waals surface area contributed by atoms with Crippen molar-refractivity contribution in [2.45, 2.75) is 32.6 Å². The monoisotopic (exact) mass is 435 g/mol. The molecule has 5 rings (SSSR count). The zero-order valence-corrected chi connectivity index (χ0v) is 18.0. The van der Waals surface area contributed by atoms with E-state index in [1.165, 1.54) is 6.07 Å². The first-order valence-electron chi connectivity index (χ1n) is 10.9. The molecule has 2 aliphatic heterocycles. The first-order chi connectivity index (χ1) is 15.6. The van der Waals surface area contributed by atoms with Crippen LogP contribution >= 0.6 is 0 Å². The number of benzene rings is 2. The Kier molecular flexibility index (Phi) is 5.63. The van der Waals surface area contributed by atoms with E-state index in [2.05, 4.69) is 32.2 Å². The number of rotatable bonds is 5. The lowest BCUT2D eigenvalue weighted by molar-refractivity contribution is 0.0726. The molecule has 1 saturated heterocycles. The van der Waals surface area contributed by atoms with Crippen molar-refractivity contribution in [3.8, 4) is 17.0 Å². The molecule has 2 N–H and O–H groups in total. The van der Waals surface area contributed by atoms with Crippen molar-refractivity contribution in [1.82, 2.24) is 25.3 Å². The summed E-state index contributed by atoms with van der Waals surface area (Å²) >= 11 is 0. The van der Waals surface area contributed by atoms with Crippen LogP contribution in [0.4, 0.5) is 9.18 Å². The summed E-state index contributed by atoms with van der Waals surface area (Å²) in [5, 5.41) is 10.2. The van der Waals surface area contributed by atoms with Crippen molar-refractivity contribution in [2.75, 3.05) is 19.6 Å². The number of hydrogen-bond acceptors (Lipinski definition) is 5. The van der Waals surface area contributed by atoms with Crippen LogP contribution in [-0.2, 0) is 19.6 Å². The molecular weight excluding hydrogens is 409 g/mol. The van der Waals surface area contributed by atoms with Crippen molar-refractivity contribution in [3.63, 3.8) is 0 Å². The van der Waals surface area contributed by atoms with Gasteiger partial charge in [-0.2, -0.15) is 5.10 Å². The number of carbonyl (C=O) groups is 1. The van der Waals surface area contributed by atoms with E-state index in [4.69, 9.17) is 4.74 Å². The molecule has 3 heterocycles. The molecule has 1 amide bonds. The van der Waals surface area contributed by atoms with Gasteiger partial charge in [-0.3, -0.25) is 14.9 Å². The molecular formula is C24H26FN5O2. The van der Waals surface area contributed by atoms with Crippen molar-refractivity contribution in [3.05, 3.63) is 71.2 Å². The van der Waals surface area contributed by atoms with Crippen LogP contribution in [0.25, 0.3) is 11.3 Å². The molecule has 166 valence electrons. The lowest BCUT2D eigenvalue weighted by Gasteiger charge is -2.40. The largest absolute Gasteiger partial charge is 0.412 e. The summed E-state index contributed by atoms with van der Waals surface area (Å²) in [4.78, 5) is 16.2. The quantitative estimate of drug-likeness (QED) is 0.642. The van der Waals surface area contributed by atoms with E-state index < -0.39 is 6.09 Å². The van der Waals surface area contributed by atoms with Gasteiger partial charge in [-0.15, -0.1) is 0 Å². The molecule has 32 heavy (non-hydrogen) atoms. The van der Waals surface area contributed by atoms with E-state index in [1.54, 1.807) is 6.07 Å². The number of halogens is 1. The van der Waals surface area contributed by atoms with Crippen LogP contribution in [0.5, 0.6) is 5.75 Å². The van der Waals surface area contributed by atoms with Crippen LogP contribution in [0, 0.1) is 5.82 Å². The number of piperazine rings is 1. The topological polar surface area (TPSA) is 73.5 Å². The van der Waals surface area contributed by atoms with Gasteiger partial charge in [0.2, 0.25) is 0 Å². The Balaban J connectivity index is 1.25. The Labute approximate surface area is 186 Å². The number of fused-ring (bicyclic) bond motifs is 1. The van der Waals surface area contributed by atoms with Gasteiger partial charge in [-0.05, 0) is 31.2 Å². The highest BCUT2D eigenvalue weighted by Crippen LogP contribution is 2.30. The Morgan fingerprint density at radius 2 is 2.03 bits per heavy atom. The van der Waals surface area contributed by atoms with Gasteiger partial charge in [0.15, 0.2) is 0 Å². The molecule has 0 unspecified atom stereocenters. The maximum atomic E-state index is 14.1. The van der Waals surface area contributed by atoms with Gasteiger partial charge >= 0.3 is 6.09 Å². The zero-order valence-electron chi connectivity index (χ0n) is 18.0. The number of carbonyl (C=O) groups excluding carboxylic acids is 1. The lowest BCUT2D eigenvalue weighted by Crippen LogP contribution is -2.51. The summed E-state index contributed by atoms with van der Waals surface area (Å²) < 4.78 is 19.3. The molecule has 1 fully saturated rings. The summed E-state index contributed by atoms with van der Waals surface area (Å²) in [6.07, 6.45) is 1.53. The predicted molar refractivity (Wildman–Crippen MR) is 118 cm³/mol. The Morgan fingerprint density at radius 3 is 2.88 bits per heavy atom. The van der Waals surface area contributed by atoms with E-state index in [0.29, 0.717) is 24.9 Å². The fourth-order valence-electron chi connectivity index (χ4n) is 4.49. The molecule has 2 aromatic carbocycles. The van der Waals surface area contributed by atoms with Crippen molar-refractivity contribution >= 4 is 6.09 Å². The normalized spacial score (nSPS) is 19.3. The van der Waals surface area contributed by atoms with Gasteiger partial charge in [0.25, 0.3) is 0 Å². The number of hydrogen-bond donors (Lipinski definition) is 2. The predicted octanol–water partition coefficient (Wildman–Crippen LogP) is 3.52. The minimum absolute atomic E-state index is 0.139. The zero-order chi connectivity index (χ0) is 22.1. The molecule has 1 atom stereocenters. The van der Waals surface area contributed by atoms with Crippen LogP contribution < -0.4 is 10.1 Å². The minimum Gasteiger partial charge on any atom is -0.410 e. The fourth-order valence-corrected chi connectivity index (χ4v) is 4.49. The summed E-state index contributed by atoms with van der Waals surface area (Å²) in [7, 11) is 0. The molecule has 0 aliphatic carbocycles. The Bertz CT molecular complexity index is 1130. The Hall–Kier alpha value is -3.23. The molecule has 3 aromatic rings. The lowest BCUT2D eigenvalue weighted by atomic mass is 10.0. The third kappa shape index (κ3) is 4.24. The highest BCUT2D eigenvalue weighted by atomic mass is 19.1. The maximum Gasteiger partial charge on any atom is 0.412 e. The van der Waals surface area contributed by atoms with Crippen molar-refractivity contribution < 1.29 is 13.9 Å². The van der Waals surface area contributed by atoms with Crippen LogP contribution in [0.15, 0.2) is 48.7 Å². The van der Waals surface area contributed by atoms with Crippen LogP contribution in [0.1, 0.15) is 23.6 Å². The molecule has 1 aromatic heterocycles. The van der Waals surface area contributed by atoms with Crippen LogP contribution in [0.2, 0.25) is 0 Å². The van der Waals surface area contributed by atoms with Gasteiger partial charge in [0.05, 0.1) is 5.69 Å². The van der Waals surface area contributed by atoms with E-state index in [9.17, 15) is 9.18 Å². The third-order valence-corrected chi connectivity index (χ3v) is 6.25. The van der Waals surface area contributed by atoms with Gasteiger partial charge in [-0.1, -0.05) is 18.2 Å². The maximum absolute atomic E-state index is 14.1. The van der Waals surface area contributed by atoms with Gasteiger partial charge in [0.1, 0.15) is 11.6 Å². The molecule has 0 spiro atoms. The summed E-state index contributed by atoms with van der Waals surface area (Å²) in [6.45, 7) is 6.76. The number of H-pyrrole nitrogens is 1.